The van der Waals surface area contributed by atoms with Gasteiger partial charge < -0.3 is 13.7 Å². The molecule has 0 aliphatic heterocycles. The van der Waals surface area contributed by atoms with Gasteiger partial charge in [-0.1, -0.05) is 121 Å². The van der Waals surface area contributed by atoms with Gasteiger partial charge in [-0.05, 0) is 113 Å². The van der Waals surface area contributed by atoms with Crippen LogP contribution in [0, 0.1) is 0 Å². The van der Waals surface area contributed by atoms with Gasteiger partial charge in [0.05, 0.1) is 40.0 Å². The zero-order valence-corrected chi connectivity index (χ0v) is 30.7. The molecule has 0 aliphatic carbocycles. The third-order valence-corrected chi connectivity index (χ3v) is 11.5. The molecule has 12 rings (SSSR count). The zero-order chi connectivity index (χ0) is 41.8. The van der Waals surface area contributed by atoms with E-state index < -0.39 is 6.04 Å². The number of nitrogens with zero attached hydrogens (tertiary/aromatic N) is 3. The molecule has 12 aromatic rings. The van der Waals surface area contributed by atoms with E-state index in [0.29, 0.717) is 0 Å². The van der Waals surface area contributed by atoms with Crippen LogP contribution in [-0.2, 0) is 0 Å². The predicted octanol–water partition coefficient (Wildman–Crippen LogP) is 14.3. The van der Waals surface area contributed by atoms with Crippen molar-refractivity contribution in [1.82, 2.24) is 13.7 Å². The van der Waals surface area contributed by atoms with Gasteiger partial charge in [0.1, 0.15) is 0 Å². The Balaban J connectivity index is 0.946. The molecular weight excluding hydrogens is 691 g/mol. The van der Waals surface area contributed by atoms with Crippen LogP contribution in [0.2, 0.25) is 0 Å². The highest BCUT2D eigenvalue weighted by atomic mass is 15.0. The van der Waals surface area contributed by atoms with Gasteiger partial charge in [-0.2, -0.15) is 0 Å². The van der Waals surface area contributed by atoms with Crippen molar-refractivity contribution in [2.45, 2.75) is 0 Å². The Bertz CT molecular complexity index is 3770. The summed E-state index contributed by atoms with van der Waals surface area (Å²) in [5, 5.41) is 6.72. The Morgan fingerprint density at radius 3 is 1.09 bits per heavy atom. The molecule has 57 heavy (non-hydrogen) atoms. The Labute approximate surface area is 336 Å². The first-order valence-corrected chi connectivity index (χ1v) is 19.2. The van der Waals surface area contributed by atoms with Crippen LogP contribution in [0.4, 0.5) is 0 Å². The van der Waals surface area contributed by atoms with Crippen molar-refractivity contribution in [1.29, 1.82) is 0 Å². The van der Waals surface area contributed by atoms with Crippen molar-refractivity contribution in [3.05, 3.63) is 212 Å². The lowest BCUT2D eigenvalue weighted by Crippen LogP contribution is -1.94. The minimum absolute atomic E-state index is 0.144. The van der Waals surface area contributed by atoms with Crippen LogP contribution in [0.3, 0.4) is 0 Å². The summed E-state index contributed by atoms with van der Waals surface area (Å²) in [4.78, 5) is 0. The van der Waals surface area contributed by atoms with E-state index >= 15 is 0 Å². The molecule has 3 heterocycles. The third-order valence-electron chi connectivity index (χ3n) is 11.5. The molecule has 9 aromatic carbocycles. The monoisotopic (exact) mass is 730 g/mol. The fourth-order valence-corrected chi connectivity index (χ4v) is 8.99. The number of para-hydroxylation sites is 5. The molecule has 0 fully saturated rings. The number of aromatic nitrogens is 3. The Hall–Kier alpha value is -7.62. The highest BCUT2D eigenvalue weighted by Crippen LogP contribution is 2.39. The van der Waals surface area contributed by atoms with E-state index in [4.69, 9.17) is 6.85 Å². The molecule has 3 aromatic heterocycles. The maximum Gasteiger partial charge on any atom is 0.0645 e. The number of rotatable bonds is 5. The van der Waals surface area contributed by atoms with Crippen molar-refractivity contribution in [3.8, 4) is 39.3 Å². The number of hydrogen-bond acceptors (Lipinski definition) is 0. The van der Waals surface area contributed by atoms with Crippen LogP contribution in [0.1, 0.15) is 6.85 Å². The molecule has 0 aliphatic rings. The van der Waals surface area contributed by atoms with Gasteiger partial charge in [-0.3, -0.25) is 0 Å². The van der Waals surface area contributed by atoms with Crippen LogP contribution in [0.25, 0.3) is 105 Å². The van der Waals surface area contributed by atoms with E-state index in [1.807, 2.05) is 36.4 Å². The molecule has 266 valence electrons. The second kappa shape index (κ2) is 12.5. The topological polar surface area (TPSA) is 14.8 Å². The van der Waals surface area contributed by atoms with Crippen molar-refractivity contribution >= 4 is 65.4 Å². The summed E-state index contributed by atoms with van der Waals surface area (Å²) >= 11 is 0. The van der Waals surface area contributed by atoms with Crippen LogP contribution >= 0.6 is 0 Å². The lowest BCUT2D eigenvalue weighted by molar-refractivity contribution is 1.18. The number of fused-ring (bicyclic) bond motifs is 9. The second-order valence-electron chi connectivity index (χ2n) is 14.6. The third kappa shape index (κ3) is 4.86. The average molecular weight is 731 g/mol. The standard InChI is InChI=1S/C54H35N3/c1-3-13-40(14-4-1)55-49-20-10-7-17-43(49)46-33-37(25-30-52(46)55)36-23-28-42(29-24-36)57-51-22-12-9-19-45(51)48-35-39(27-32-54(48)57)38-26-31-53-47(34-38)44-18-8-11-21-50(44)56(53)41-15-5-2-6-16-41/h1-35H/i1D,3D,4D,13D,14D. The number of benzene rings is 9. The molecule has 0 unspecified atom stereocenters. The maximum absolute atomic E-state index is 8.75. The van der Waals surface area contributed by atoms with E-state index in [1.165, 1.54) is 38.1 Å². The van der Waals surface area contributed by atoms with E-state index in [0.717, 1.165) is 60.9 Å². The molecule has 0 bridgehead atoms. The van der Waals surface area contributed by atoms with Crippen molar-refractivity contribution in [2.75, 3.05) is 0 Å². The van der Waals surface area contributed by atoms with Crippen molar-refractivity contribution < 1.29 is 6.85 Å². The first kappa shape index (κ1) is 27.0. The van der Waals surface area contributed by atoms with Gasteiger partial charge >= 0.3 is 0 Å². The highest BCUT2D eigenvalue weighted by Gasteiger charge is 2.17. The lowest BCUT2D eigenvalue weighted by atomic mass is 10.0. The van der Waals surface area contributed by atoms with E-state index in [-0.39, 0.29) is 29.9 Å². The van der Waals surface area contributed by atoms with Gasteiger partial charge in [0.25, 0.3) is 0 Å². The van der Waals surface area contributed by atoms with Crippen LogP contribution < -0.4 is 0 Å². The summed E-state index contributed by atoms with van der Waals surface area (Å²) < 4.78 is 48.8. The first-order valence-electron chi connectivity index (χ1n) is 21.7. The molecular formula is C54H35N3. The van der Waals surface area contributed by atoms with Gasteiger partial charge in [0, 0.05) is 49.4 Å². The second-order valence-corrected chi connectivity index (χ2v) is 14.6. The molecule has 0 atom stereocenters. The van der Waals surface area contributed by atoms with E-state index in [1.54, 1.807) is 4.57 Å². The van der Waals surface area contributed by atoms with Crippen LogP contribution in [-0.4, -0.2) is 13.7 Å². The summed E-state index contributed by atoms with van der Waals surface area (Å²) in [6.45, 7) is 0. The SMILES string of the molecule is [2H]c1c([2H])c([2H])c(-n2c3ccccc3c3cc(-c4ccc(-n5c6ccccc6c6cc(-c7ccc8c(c7)c7ccccc7n8-c7ccccc7)ccc65)cc4)ccc32)c([2H])c1[2H]. The summed E-state index contributed by atoms with van der Waals surface area (Å²) in [6.07, 6.45) is 0. The van der Waals surface area contributed by atoms with E-state index in [9.17, 15) is 0 Å². The molecule has 0 radical (unpaired) electrons. The van der Waals surface area contributed by atoms with Gasteiger partial charge in [0.2, 0.25) is 0 Å². The summed E-state index contributed by atoms with van der Waals surface area (Å²) in [5.41, 5.74) is 12.9. The Kier molecular flexibility index (Phi) is 5.91. The summed E-state index contributed by atoms with van der Waals surface area (Å²) in [5.74, 6) is 0. The van der Waals surface area contributed by atoms with Crippen LogP contribution in [0.5, 0.6) is 0 Å². The molecule has 3 heteroatoms. The number of hydrogen-bond donors (Lipinski definition) is 0. The lowest BCUT2D eigenvalue weighted by Gasteiger charge is -2.11. The molecule has 0 N–H and O–H groups in total. The minimum Gasteiger partial charge on any atom is -0.309 e. The van der Waals surface area contributed by atoms with Crippen molar-refractivity contribution in [2.24, 2.45) is 0 Å². The molecule has 0 amide bonds. The fraction of sp³-hybridized carbons (Fsp3) is 0. The van der Waals surface area contributed by atoms with Gasteiger partial charge in [-0.15, -0.1) is 0 Å². The zero-order valence-electron chi connectivity index (χ0n) is 35.7. The van der Waals surface area contributed by atoms with Gasteiger partial charge in [-0.25, -0.2) is 0 Å². The highest BCUT2D eigenvalue weighted by molar-refractivity contribution is 6.13. The summed E-state index contributed by atoms with van der Waals surface area (Å²) in [7, 11) is 0. The normalized spacial score (nSPS) is 13.1. The fourth-order valence-electron chi connectivity index (χ4n) is 8.99. The minimum atomic E-state index is -0.404. The smallest absolute Gasteiger partial charge is 0.0645 e. The molecule has 0 saturated heterocycles. The van der Waals surface area contributed by atoms with Crippen LogP contribution in [0.15, 0.2) is 212 Å². The van der Waals surface area contributed by atoms with Crippen molar-refractivity contribution in [3.63, 3.8) is 0 Å². The molecule has 3 nitrogen and oxygen atoms in total. The predicted molar refractivity (Wildman–Crippen MR) is 240 cm³/mol. The first-order chi connectivity index (χ1) is 30.4. The summed E-state index contributed by atoms with van der Waals surface area (Å²) in [6, 6.07) is 62.5. The Morgan fingerprint density at radius 1 is 0.263 bits per heavy atom. The van der Waals surface area contributed by atoms with E-state index in [2.05, 4.69) is 155 Å². The molecule has 0 saturated carbocycles. The van der Waals surface area contributed by atoms with Gasteiger partial charge in [0.15, 0.2) is 0 Å². The largest absolute Gasteiger partial charge is 0.309 e. The maximum atomic E-state index is 8.75. The average Bonchev–Trinajstić information content (AvgIpc) is 3.96. The molecule has 0 spiro atoms. The Morgan fingerprint density at radius 2 is 0.614 bits per heavy atom. The quantitative estimate of drug-likeness (QED) is 0.167.